The summed E-state index contributed by atoms with van der Waals surface area (Å²) in [5, 5.41) is 9.12. The van der Waals surface area contributed by atoms with Crippen molar-refractivity contribution in [3.63, 3.8) is 0 Å². The molecular weight excluding hydrogens is 236 g/mol. The van der Waals surface area contributed by atoms with Crippen LogP contribution in [0.25, 0.3) is 0 Å². The molecule has 106 valence electrons. The summed E-state index contributed by atoms with van der Waals surface area (Å²) in [6, 6.07) is 11.7. The van der Waals surface area contributed by atoms with Crippen molar-refractivity contribution in [2.45, 2.75) is 44.2 Å². The SMILES string of the molecule is NCCC(c1ccccc1)N(CCCO)C1CCC1. The summed E-state index contributed by atoms with van der Waals surface area (Å²) in [7, 11) is 0. The Labute approximate surface area is 116 Å². The Kier molecular flexibility index (Phi) is 5.83. The second-order valence-corrected chi connectivity index (χ2v) is 5.40. The topological polar surface area (TPSA) is 49.5 Å². The number of aliphatic hydroxyl groups excluding tert-OH is 1. The lowest BCUT2D eigenvalue weighted by Gasteiger charge is -2.43. The normalized spacial score (nSPS) is 17.4. The third-order valence-corrected chi connectivity index (χ3v) is 4.14. The summed E-state index contributed by atoms with van der Waals surface area (Å²) in [5.74, 6) is 0. The number of nitrogens with two attached hydrogens (primary N) is 1. The van der Waals surface area contributed by atoms with Crippen LogP contribution in [-0.2, 0) is 0 Å². The van der Waals surface area contributed by atoms with Crippen LogP contribution < -0.4 is 5.73 Å². The zero-order chi connectivity index (χ0) is 13.5. The Bertz CT molecular complexity index is 351. The van der Waals surface area contributed by atoms with E-state index in [9.17, 15) is 0 Å². The first kappa shape index (κ1) is 14.5. The lowest BCUT2D eigenvalue weighted by atomic mass is 9.88. The van der Waals surface area contributed by atoms with Crippen molar-refractivity contribution in [1.82, 2.24) is 4.90 Å². The van der Waals surface area contributed by atoms with Crippen molar-refractivity contribution in [2.75, 3.05) is 19.7 Å². The van der Waals surface area contributed by atoms with Crippen LogP contribution in [0.2, 0.25) is 0 Å². The van der Waals surface area contributed by atoms with Crippen molar-refractivity contribution in [3.8, 4) is 0 Å². The summed E-state index contributed by atoms with van der Waals surface area (Å²) >= 11 is 0. The number of hydrogen-bond donors (Lipinski definition) is 2. The molecule has 1 aromatic carbocycles. The van der Waals surface area contributed by atoms with Gasteiger partial charge in [0, 0.05) is 25.2 Å². The van der Waals surface area contributed by atoms with Crippen LogP contribution in [0.15, 0.2) is 30.3 Å². The van der Waals surface area contributed by atoms with E-state index in [1.807, 2.05) is 0 Å². The Balaban J connectivity index is 2.12. The maximum Gasteiger partial charge on any atom is 0.0443 e. The van der Waals surface area contributed by atoms with Crippen molar-refractivity contribution in [2.24, 2.45) is 5.73 Å². The van der Waals surface area contributed by atoms with Gasteiger partial charge in [0.2, 0.25) is 0 Å². The quantitative estimate of drug-likeness (QED) is 0.756. The number of nitrogens with zero attached hydrogens (tertiary/aromatic N) is 1. The van der Waals surface area contributed by atoms with Crippen LogP contribution in [0.3, 0.4) is 0 Å². The molecular formula is C16H26N2O. The third-order valence-electron chi connectivity index (χ3n) is 4.14. The molecule has 0 aromatic heterocycles. The fourth-order valence-corrected chi connectivity index (χ4v) is 2.92. The molecule has 3 heteroatoms. The van der Waals surface area contributed by atoms with Crippen LogP contribution in [0, 0.1) is 0 Å². The molecule has 3 nitrogen and oxygen atoms in total. The molecule has 0 bridgehead atoms. The lowest BCUT2D eigenvalue weighted by Crippen LogP contribution is -2.44. The zero-order valence-electron chi connectivity index (χ0n) is 11.7. The van der Waals surface area contributed by atoms with Gasteiger partial charge in [0.05, 0.1) is 0 Å². The molecule has 0 aliphatic heterocycles. The van der Waals surface area contributed by atoms with Gasteiger partial charge in [-0.1, -0.05) is 36.8 Å². The highest BCUT2D eigenvalue weighted by molar-refractivity contribution is 5.19. The standard InChI is InChI=1S/C16H26N2O/c17-11-10-16(14-6-2-1-3-7-14)18(12-5-13-19)15-8-4-9-15/h1-3,6-7,15-16,19H,4-5,8-13,17H2. The number of rotatable bonds is 8. The van der Waals surface area contributed by atoms with E-state index >= 15 is 0 Å². The van der Waals surface area contributed by atoms with E-state index in [0.717, 1.165) is 19.4 Å². The maximum atomic E-state index is 9.12. The predicted octanol–water partition coefficient (Wildman–Crippen LogP) is 2.31. The van der Waals surface area contributed by atoms with Crippen molar-refractivity contribution in [3.05, 3.63) is 35.9 Å². The molecule has 0 amide bonds. The Morgan fingerprint density at radius 2 is 2.00 bits per heavy atom. The van der Waals surface area contributed by atoms with Crippen LogP contribution in [0.5, 0.6) is 0 Å². The second-order valence-electron chi connectivity index (χ2n) is 5.40. The van der Waals surface area contributed by atoms with E-state index in [0.29, 0.717) is 18.6 Å². The minimum absolute atomic E-state index is 0.271. The van der Waals surface area contributed by atoms with Gasteiger partial charge in [-0.05, 0) is 37.8 Å². The maximum absolute atomic E-state index is 9.12. The second kappa shape index (κ2) is 7.63. The molecule has 1 aliphatic carbocycles. The molecule has 0 radical (unpaired) electrons. The van der Waals surface area contributed by atoms with E-state index in [1.54, 1.807) is 0 Å². The van der Waals surface area contributed by atoms with Gasteiger partial charge >= 0.3 is 0 Å². The van der Waals surface area contributed by atoms with Crippen molar-refractivity contribution in [1.29, 1.82) is 0 Å². The van der Waals surface area contributed by atoms with Gasteiger partial charge in [-0.15, -0.1) is 0 Å². The Morgan fingerprint density at radius 1 is 1.26 bits per heavy atom. The third kappa shape index (κ3) is 3.78. The van der Waals surface area contributed by atoms with Crippen molar-refractivity contribution >= 4 is 0 Å². The molecule has 1 atom stereocenters. The fraction of sp³-hybridized carbons (Fsp3) is 0.625. The van der Waals surface area contributed by atoms with E-state index in [4.69, 9.17) is 10.8 Å². The number of hydrogen-bond acceptors (Lipinski definition) is 3. The first-order valence-corrected chi connectivity index (χ1v) is 7.48. The zero-order valence-corrected chi connectivity index (χ0v) is 11.7. The van der Waals surface area contributed by atoms with E-state index in [-0.39, 0.29) is 6.61 Å². The van der Waals surface area contributed by atoms with Gasteiger partial charge in [-0.2, -0.15) is 0 Å². The van der Waals surface area contributed by atoms with Crippen molar-refractivity contribution < 1.29 is 5.11 Å². The molecule has 0 spiro atoms. The predicted molar refractivity (Wildman–Crippen MR) is 78.9 cm³/mol. The average molecular weight is 262 g/mol. The van der Waals surface area contributed by atoms with Gasteiger partial charge < -0.3 is 10.8 Å². The number of benzene rings is 1. The minimum Gasteiger partial charge on any atom is -0.396 e. The van der Waals surface area contributed by atoms with Gasteiger partial charge in [0.25, 0.3) is 0 Å². The Morgan fingerprint density at radius 3 is 2.53 bits per heavy atom. The van der Waals surface area contributed by atoms with Gasteiger partial charge in [-0.25, -0.2) is 0 Å². The highest BCUT2D eigenvalue weighted by atomic mass is 16.3. The van der Waals surface area contributed by atoms with Crippen LogP contribution in [0.1, 0.15) is 43.7 Å². The summed E-state index contributed by atoms with van der Waals surface area (Å²) < 4.78 is 0. The Hall–Kier alpha value is -0.900. The van der Waals surface area contributed by atoms with E-state index < -0.39 is 0 Å². The largest absolute Gasteiger partial charge is 0.396 e. The van der Waals surface area contributed by atoms with E-state index in [2.05, 4.69) is 35.2 Å². The molecule has 0 saturated heterocycles. The summed E-state index contributed by atoms with van der Waals surface area (Å²) in [6.07, 6.45) is 5.76. The van der Waals surface area contributed by atoms with E-state index in [1.165, 1.54) is 24.8 Å². The van der Waals surface area contributed by atoms with Crippen LogP contribution >= 0.6 is 0 Å². The molecule has 1 aromatic rings. The summed E-state index contributed by atoms with van der Waals surface area (Å²) in [5.41, 5.74) is 7.18. The number of aliphatic hydroxyl groups is 1. The first-order valence-electron chi connectivity index (χ1n) is 7.48. The molecule has 2 rings (SSSR count). The average Bonchev–Trinajstić information content (AvgIpc) is 2.40. The molecule has 1 saturated carbocycles. The smallest absolute Gasteiger partial charge is 0.0443 e. The van der Waals surface area contributed by atoms with Crippen LogP contribution in [-0.4, -0.2) is 35.7 Å². The molecule has 0 heterocycles. The van der Waals surface area contributed by atoms with Gasteiger partial charge in [0.15, 0.2) is 0 Å². The molecule has 3 N–H and O–H groups in total. The highest BCUT2D eigenvalue weighted by Gasteiger charge is 2.30. The summed E-state index contributed by atoms with van der Waals surface area (Å²) in [4.78, 5) is 2.57. The minimum atomic E-state index is 0.271. The molecule has 1 fully saturated rings. The molecule has 1 aliphatic rings. The molecule has 1 unspecified atom stereocenters. The fourth-order valence-electron chi connectivity index (χ4n) is 2.92. The van der Waals surface area contributed by atoms with Gasteiger partial charge in [-0.3, -0.25) is 4.90 Å². The first-order chi connectivity index (χ1) is 9.36. The lowest BCUT2D eigenvalue weighted by molar-refractivity contribution is 0.0678. The van der Waals surface area contributed by atoms with Gasteiger partial charge in [0.1, 0.15) is 0 Å². The van der Waals surface area contributed by atoms with Crippen LogP contribution in [0.4, 0.5) is 0 Å². The molecule has 19 heavy (non-hydrogen) atoms. The summed E-state index contributed by atoms with van der Waals surface area (Å²) in [6.45, 7) is 1.95. The highest BCUT2D eigenvalue weighted by Crippen LogP contribution is 2.34. The monoisotopic (exact) mass is 262 g/mol.